The normalized spacial score (nSPS) is 29.5. The van der Waals surface area contributed by atoms with Gasteiger partial charge in [-0.2, -0.15) is 26.3 Å². The molecule has 2 aromatic carbocycles. The van der Waals surface area contributed by atoms with E-state index in [9.17, 15) is 49.8 Å². The molecule has 12 heteroatoms. The summed E-state index contributed by atoms with van der Waals surface area (Å²) in [5.41, 5.74) is -7.36. The zero-order chi connectivity index (χ0) is 32.5. The third-order valence-corrected chi connectivity index (χ3v) is 10.7. The van der Waals surface area contributed by atoms with Crippen molar-refractivity contribution in [3.05, 3.63) is 70.5 Å². The van der Waals surface area contributed by atoms with Crippen molar-refractivity contribution in [3.8, 4) is 0 Å². The summed E-state index contributed by atoms with van der Waals surface area (Å²) in [6.45, 7) is 4.16. The molecule has 0 spiro atoms. The first-order chi connectivity index (χ1) is 20.3. The number of fused-ring (bicyclic) bond motifs is 6. The van der Waals surface area contributed by atoms with Gasteiger partial charge in [-0.05, 0) is 81.5 Å². The molecule has 4 fully saturated rings. The van der Waals surface area contributed by atoms with E-state index in [2.05, 4.69) is 0 Å². The van der Waals surface area contributed by atoms with E-state index in [0.717, 1.165) is 11.6 Å². The average Bonchev–Trinajstić information content (AvgIpc) is 3.44. The zero-order valence-electron chi connectivity index (χ0n) is 24.2. The number of halogens is 8. The molecule has 1 aliphatic heterocycles. The molecule has 0 radical (unpaired) electrons. The Bertz CT molecular complexity index is 1390. The Morgan fingerprint density at radius 3 is 1.82 bits per heavy atom. The van der Waals surface area contributed by atoms with Crippen molar-refractivity contribution in [1.82, 2.24) is 4.90 Å². The zero-order valence-corrected chi connectivity index (χ0v) is 24.2. The van der Waals surface area contributed by atoms with Gasteiger partial charge in [0, 0.05) is 29.0 Å². The summed E-state index contributed by atoms with van der Waals surface area (Å²) in [7, 11) is 0. The van der Waals surface area contributed by atoms with Crippen LogP contribution < -0.4 is 0 Å². The fourth-order valence-electron chi connectivity index (χ4n) is 7.81. The molecule has 0 aromatic heterocycles. The molecule has 2 bridgehead atoms. The van der Waals surface area contributed by atoms with Crippen LogP contribution in [0.4, 0.5) is 35.1 Å². The van der Waals surface area contributed by atoms with Crippen LogP contribution in [-0.4, -0.2) is 46.8 Å². The first-order valence-corrected chi connectivity index (χ1v) is 14.5. The molecular weight excluding hydrogens is 598 g/mol. The summed E-state index contributed by atoms with van der Waals surface area (Å²) in [4.78, 5) is 27.2. The SMILES string of the molecule is CC12CCN(C(=O)C34CCC(C(=O)O)(CC3)CC4)C1Cc1cc(C(F)(C(F)(F)F)C(F)(F)F)ccc12.Cc1ccc(F)cc1. The van der Waals surface area contributed by atoms with Crippen molar-refractivity contribution in [3.63, 3.8) is 0 Å². The number of rotatable bonds is 3. The molecule has 2 unspecified atom stereocenters. The van der Waals surface area contributed by atoms with Crippen molar-refractivity contribution in [2.24, 2.45) is 10.8 Å². The van der Waals surface area contributed by atoms with E-state index in [1.165, 1.54) is 12.1 Å². The van der Waals surface area contributed by atoms with Crippen molar-refractivity contribution in [2.45, 2.75) is 94.7 Å². The lowest BCUT2D eigenvalue weighted by Gasteiger charge is -2.51. The first kappa shape index (κ1) is 32.2. The van der Waals surface area contributed by atoms with Crippen LogP contribution in [0.5, 0.6) is 0 Å². The molecule has 3 saturated carbocycles. The van der Waals surface area contributed by atoms with Crippen LogP contribution >= 0.6 is 0 Å². The van der Waals surface area contributed by atoms with Gasteiger partial charge in [0.25, 0.3) is 0 Å². The number of aryl methyl sites for hydroxylation is 1. The summed E-state index contributed by atoms with van der Waals surface area (Å²) in [5, 5.41) is 9.62. The molecule has 44 heavy (non-hydrogen) atoms. The Hall–Kier alpha value is -3.18. The van der Waals surface area contributed by atoms with E-state index < -0.39 is 51.8 Å². The van der Waals surface area contributed by atoms with Crippen molar-refractivity contribution in [2.75, 3.05) is 6.54 Å². The summed E-state index contributed by atoms with van der Waals surface area (Å²) < 4.78 is 107. The predicted octanol–water partition coefficient (Wildman–Crippen LogP) is 7.95. The number of hydrogen-bond donors (Lipinski definition) is 1. The molecule has 1 N–H and O–H groups in total. The molecule has 1 amide bonds. The van der Waals surface area contributed by atoms with Crippen LogP contribution in [0.2, 0.25) is 0 Å². The van der Waals surface area contributed by atoms with Crippen LogP contribution in [0.1, 0.15) is 74.1 Å². The second-order valence-electron chi connectivity index (χ2n) is 13.1. The van der Waals surface area contributed by atoms with Crippen LogP contribution in [0.25, 0.3) is 0 Å². The summed E-state index contributed by atoms with van der Waals surface area (Å²) >= 11 is 0. The van der Waals surface area contributed by atoms with E-state index in [1.54, 1.807) is 17.0 Å². The van der Waals surface area contributed by atoms with E-state index in [1.807, 2.05) is 13.8 Å². The van der Waals surface area contributed by atoms with Gasteiger partial charge in [-0.25, -0.2) is 8.78 Å². The van der Waals surface area contributed by atoms with Crippen molar-refractivity contribution in [1.29, 1.82) is 0 Å². The number of carbonyl (C=O) groups excluding carboxylic acids is 1. The predicted molar refractivity (Wildman–Crippen MR) is 144 cm³/mol. The maximum atomic E-state index is 14.7. The largest absolute Gasteiger partial charge is 0.481 e. The molecule has 4 nitrogen and oxygen atoms in total. The van der Waals surface area contributed by atoms with Crippen LogP contribution in [0.3, 0.4) is 0 Å². The number of carboxylic acid groups (broad SMARTS) is 1. The topological polar surface area (TPSA) is 57.6 Å². The van der Waals surface area contributed by atoms with E-state index in [-0.39, 0.29) is 23.7 Å². The third-order valence-electron chi connectivity index (χ3n) is 10.7. The first-order valence-electron chi connectivity index (χ1n) is 14.5. The van der Waals surface area contributed by atoms with Crippen molar-refractivity contribution >= 4 is 11.9 Å². The number of benzene rings is 2. The molecular formula is C32H33F8NO3. The molecule has 1 saturated heterocycles. The Morgan fingerprint density at radius 1 is 0.818 bits per heavy atom. The van der Waals surface area contributed by atoms with Crippen LogP contribution in [0, 0.1) is 23.6 Å². The van der Waals surface area contributed by atoms with Crippen LogP contribution in [-0.2, 0) is 27.1 Å². The molecule has 2 atom stereocenters. The number of hydrogen-bond acceptors (Lipinski definition) is 2. The van der Waals surface area contributed by atoms with Gasteiger partial charge < -0.3 is 10.0 Å². The Kier molecular flexibility index (Phi) is 7.64. The van der Waals surface area contributed by atoms with Gasteiger partial charge in [0.1, 0.15) is 5.82 Å². The van der Waals surface area contributed by atoms with Gasteiger partial charge in [-0.3, -0.25) is 9.59 Å². The maximum absolute atomic E-state index is 14.7. The average molecular weight is 632 g/mol. The number of nitrogens with zero attached hydrogens (tertiary/aromatic N) is 1. The second-order valence-corrected chi connectivity index (χ2v) is 13.1. The van der Waals surface area contributed by atoms with E-state index in [0.29, 0.717) is 69.2 Å². The molecule has 7 rings (SSSR count). The lowest BCUT2D eigenvalue weighted by molar-refractivity contribution is -0.348. The highest BCUT2D eigenvalue weighted by molar-refractivity contribution is 5.86. The maximum Gasteiger partial charge on any atom is 0.435 e. The number of carbonyl (C=O) groups is 2. The van der Waals surface area contributed by atoms with Gasteiger partial charge in [0.15, 0.2) is 0 Å². The lowest BCUT2D eigenvalue weighted by atomic mass is 9.53. The second kappa shape index (κ2) is 10.4. The minimum absolute atomic E-state index is 0.0341. The minimum Gasteiger partial charge on any atom is -0.481 e. The number of likely N-dealkylation sites (tertiary alicyclic amines) is 1. The fraction of sp³-hybridized carbons (Fsp3) is 0.562. The van der Waals surface area contributed by atoms with Gasteiger partial charge in [0.05, 0.1) is 5.41 Å². The van der Waals surface area contributed by atoms with Gasteiger partial charge >= 0.3 is 24.0 Å². The number of carboxylic acids is 1. The van der Waals surface area contributed by atoms with E-state index >= 15 is 0 Å². The van der Waals surface area contributed by atoms with Gasteiger partial charge in [-0.15, -0.1) is 0 Å². The van der Waals surface area contributed by atoms with Gasteiger partial charge in [-0.1, -0.05) is 42.8 Å². The molecule has 4 aliphatic carbocycles. The molecule has 240 valence electrons. The molecule has 2 aromatic rings. The number of amides is 1. The standard InChI is InChI=1S/C25H26F7NO3.C7H7F/c1-20-10-11-33(18(34)21-4-7-22(8-5-21,9-6-21)19(35)36)17(20)13-14-12-15(2-3-16(14)20)23(26,24(27,28)29)25(30,31)32;1-6-2-4-7(8)5-3-6/h2-3,12,17H,4-11,13H2,1H3,(H,35,36);2-5H,1H3. The highest BCUT2D eigenvalue weighted by Gasteiger charge is 2.73. The van der Waals surface area contributed by atoms with Crippen LogP contribution in [0.15, 0.2) is 42.5 Å². The minimum atomic E-state index is -6.19. The highest BCUT2D eigenvalue weighted by Crippen LogP contribution is 2.60. The lowest BCUT2D eigenvalue weighted by Crippen LogP contribution is -2.55. The fourth-order valence-corrected chi connectivity index (χ4v) is 7.81. The smallest absolute Gasteiger partial charge is 0.435 e. The summed E-state index contributed by atoms with van der Waals surface area (Å²) in [6, 6.07) is 8.29. The number of alkyl halides is 7. The Balaban J connectivity index is 0.000000418. The monoisotopic (exact) mass is 631 g/mol. The van der Waals surface area contributed by atoms with E-state index in [4.69, 9.17) is 0 Å². The molecule has 5 aliphatic rings. The summed E-state index contributed by atoms with van der Waals surface area (Å²) in [6.07, 6.45) is -9.33. The van der Waals surface area contributed by atoms with Crippen molar-refractivity contribution < 1.29 is 49.8 Å². The van der Waals surface area contributed by atoms with Gasteiger partial charge in [0.2, 0.25) is 5.91 Å². The highest BCUT2D eigenvalue weighted by atomic mass is 19.4. The Labute approximate surface area is 249 Å². The quantitative estimate of drug-likeness (QED) is 0.350. The third kappa shape index (κ3) is 4.87. The Morgan fingerprint density at radius 2 is 1.34 bits per heavy atom. The molecule has 1 heterocycles. The summed E-state index contributed by atoms with van der Waals surface area (Å²) in [5.74, 6) is -1.13. The number of aliphatic carboxylic acids is 1.